The predicted molar refractivity (Wildman–Crippen MR) is 72.0 cm³/mol. The molecule has 1 aromatic heterocycles. The van der Waals surface area contributed by atoms with Crippen LogP contribution in [0.4, 0.5) is 5.69 Å². The molecular weight excluding hydrogens is 260 g/mol. The highest BCUT2D eigenvalue weighted by atomic mass is 16.5. The summed E-state index contributed by atoms with van der Waals surface area (Å²) in [6, 6.07) is 6.75. The standard InChI is InChI=1S/C13H14N4O3/c1-20-13(19)9-4-2-8(3-5-9)6-15-12(18)11-10(14)7-16-17-11/h2-5,7H,6,14H2,1H3,(H,15,18)(H,16,17). The summed E-state index contributed by atoms with van der Waals surface area (Å²) in [7, 11) is 1.32. The van der Waals surface area contributed by atoms with Crippen molar-refractivity contribution in [1.29, 1.82) is 0 Å². The van der Waals surface area contributed by atoms with Gasteiger partial charge < -0.3 is 15.8 Å². The van der Waals surface area contributed by atoms with Gasteiger partial charge in [-0.1, -0.05) is 12.1 Å². The molecule has 104 valence electrons. The Labute approximate surface area is 115 Å². The lowest BCUT2D eigenvalue weighted by atomic mass is 10.1. The number of nitrogens with one attached hydrogen (secondary N) is 2. The van der Waals surface area contributed by atoms with E-state index in [9.17, 15) is 9.59 Å². The number of methoxy groups -OCH3 is 1. The van der Waals surface area contributed by atoms with E-state index in [1.807, 2.05) is 0 Å². The number of aromatic amines is 1. The van der Waals surface area contributed by atoms with Gasteiger partial charge in [-0.2, -0.15) is 5.10 Å². The smallest absolute Gasteiger partial charge is 0.337 e. The second-order valence-corrected chi connectivity index (χ2v) is 4.07. The molecule has 0 aliphatic carbocycles. The molecule has 1 amide bonds. The summed E-state index contributed by atoms with van der Waals surface area (Å²) in [6.45, 7) is 0.318. The number of nitrogens with two attached hydrogens (primary N) is 1. The Morgan fingerprint density at radius 1 is 1.35 bits per heavy atom. The maximum atomic E-state index is 11.8. The highest BCUT2D eigenvalue weighted by Gasteiger charge is 2.11. The lowest BCUT2D eigenvalue weighted by Gasteiger charge is -2.05. The fourth-order valence-corrected chi connectivity index (χ4v) is 1.62. The molecule has 2 aromatic rings. The number of carbonyl (C=O) groups excluding carboxylic acids is 2. The average Bonchev–Trinajstić information content (AvgIpc) is 2.90. The topological polar surface area (TPSA) is 110 Å². The van der Waals surface area contributed by atoms with Gasteiger partial charge in [0.2, 0.25) is 0 Å². The van der Waals surface area contributed by atoms with E-state index in [-0.39, 0.29) is 11.6 Å². The van der Waals surface area contributed by atoms with E-state index in [1.165, 1.54) is 13.3 Å². The second kappa shape index (κ2) is 5.87. The number of hydrogen-bond donors (Lipinski definition) is 3. The Balaban J connectivity index is 1.96. The maximum absolute atomic E-state index is 11.8. The van der Waals surface area contributed by atoms with Crippen molar-refractivity contribution in [2.24, 2.45) is 0 Å². The van der Waals surface area contributed by atoms with Crippen LogP contribution in [0, 0.1) is 0 Å². The summed E-state index contributed by atoms with van der Waals surface area (Å²) in [5.74, 6) is -0.733. The molecule has 0 unspecified atom stereocenters. The Morgan fingerprint density at radius 2 is 2.05 bits per heavy atom. The van der Waals surface area contributed by atoms with Crippen LogP contribution in [0.25, 0.3) is 0 Å². The number of H-pyrrole nitrogens is 1. The van der Waals surface area contributed by atoms with Crippen LogP contribution >= 0.6 is 0 Å². The van der Waals surface area contributed by atoms with Crippen LogP contribution in [0.1, 0.15) is 26.4 Å². The van der Waals surface area contributed by atoms with Crippen LogP contribution in [0.5, 0.6) is 0 Å². The molecule has 0 fully saturated rings. The number of benzene rings is 1. The fourth-order valence-electron chi connectivity index (χ4n) is 1.62. The fraction of sp³-hybridized carbons (Fsp3) is 0.154. The van der Waals surface area contributed by atoms with Gasteiger partial charge in [-0.05, 0) is 17.7 Å². The summed E-state index contributed by atoms with van der Waals surface area (Å²) in [5.41, 5.74) is 7.41. The third-order valence-electron chi connectivity index (χ3n) is 2.72. The number of amides is 1. The van der Waals surface area contributed by atoms with E-state index < -0.39 is 5.97 Å². The number of carbonyl (C=O) groups is 2. The van der Waals surface area contributed by atoms with Gasteiger partial charge in [-0.3, -0.25) is 9.89 Å². The third-order valence-corrected chi connectivity index (χ3v) is 2.72. The number of hydrogen-bond acceptors (Lipinski definition) is 5. The van der Waals surface area contributed by atoms with Crippen LogP contribution in [0.15, 0.2) is 30.5 Å². The molecule has 0 aliphatic heterocycles. The Kier molecular flexibility index (Phi) is 3.99. The molecule has 2 rings (SSSR count). The first kappa shape index (κ1) is 13.6. The molecule has 7 heteroatoms. The van der Waals surface area contributed by atoms with Gasteiger partial charge in [-0.15, -0.1) is 0 Å². The summed E-state index contributed by atoms with van der Waals surface area (Å²) >= 11 is 0. The molecule has 0 aliphatic rings. The van der Waals surface area contributed by atoms with E-state index in [1.54, 1.807) is 24.3 Å². The summed E-state index contributed by atoms with van der Waals surface area (Å²) in [4.78, 5) is 23.1. The van der Waals surface area contributed by atoms with Crippen molar-refractivity contribution in [1.82, 2.24) is 15.5 Å². The minimum absolute atomic E-state index is 0.233. The van der Waals surface area contributed by atoms with Crippen LogP contribution < -0.4 is 11.1 Å². The van der Waals surface area contributed by atoms with Crippen LogP contribution in [0.2, 0.25) is 0 Å². The summed E-state index contributed by atoms with van der Waals surface area (Å²) < 4.78 is 4.60. The van der Waals surface area contributed by atoms with Gasteiger partial charge in [0.15, 0.2) is 0 Å². The number of esters is 1. The minimum Gasteiger partial charge on any atom is -0.465 e. The zero-order valence-corrected chi connectivity index (χ0v) is 10.8. The number of rotatable bonds is 4. The lowest BCUT2D eigenvalue weighted by molar-refractivity contribution is 0.0600. The molecule has 0 atom stereocenters. The SMILES string of the molecule is COC(=O)c1ccc(CNC(=O)c2[nH]ncc2N)cc1. The molecule has 0 saturated carbocycles. The molecule has 0 radical (unpaired) electrons. The molecule has 1 heterocycles. The monoisotopic (exact) mass is 274 g/mol. The zero-order valence-electron chi connectivity index (χ0n) is 10.8. The first-order chi connectivity index (χ1) is 9.61. The number of anilines is 1. The third kappa shape index (κ3) is 2.94. The van der Waals surface area contributed by atoms with Crippen molar-refractivity contribution in [2.75, 3.05) is 12.8 Å². The zero-order chi connectivity index (χ0) is 14.5. The summed E-state index contributed by atoms with van der Waals surface area (Å²) in [6.07, 6.45) is 1.38. The van der Waals surface area contributed by atoms with Gasteiger partial charge in [-0.25, -0.2) is 4.79 Å². The Morgan fingerprint density at radius 3 is 2.60 bits per heavy atom. The second-order valence-electron chi connectivity index (χ2n) is 4.07. The van der Waals surface area contributed by atoms with Crippen molar-refractivity contribution in [3.8, 4) is 0 Å². The van der Waals surface area contributed by atoms with Crippen LogP contribution in [-0.4, -0.2) is 29.2 Å². The van der Waals surface area contributed by atoms with Gasteiger partial charge in [0.1, 0.15) is 5.69 Å². The normalized spacial score (nSPS) is 10.1. The van der Waals surface area contributed by atoms with Gasteiger partial charge in [0, 0.05) is 6.54 Å². The average molecular weight is 274 g/mol. The van der Waals surface area contributed by atoms with E-state index in [2.05, 4.69) is 20.3 Å². The highest BCUT2D eigenvalue weighted by Crippen LogP contribution is 2.08. The van der Waals surface area contributed by atoms with Crippen molar-refractivity contribution in [2.45, 2.75) is 6.54 Å². The number of nitrogen functional groups attached to an aromatic ring is 1. The molecule has 1 aromatic carbocycles. The molecule has 0 spiro atoms. The lowest BCUT2D eigenvalue weighted by Crippen LogP contribution is -2.24. The van der Waals surface area contributed by atoms with Crippen molar-refractivity contribution >= 4 is 17.6 Å². The molecule has 4 N–H and O–H groups in total. The first-order valence-corrected chi connectivity index (χ1v) is 5.86. The van der Waals surface area contributed by atoms with E-state index in [0.717, 1.165) is 5.56 Å². The number of ether oxygens (including phenoxy) is 1. The van der Waals surface area contributed by atoms with Crippen LogP contribution in [0.3, 0.4) is 0 Å². The largest absolute Gasteiger partial charge is 0.465 e. The molecular formula is C13H14N4O3. The predicted octanol–water partition coefficient (Wildman–Crippen LogP) is 0.708. The van der Waals surface area contributed by atoms with Gasteiger partial charge in [0.25, 0.3) is 5.91 Å². The maximum Gasteiger partial charge on any atom is 0.337 e. The van der Waals surface area contributed by atoms with E-state index in [4.69, 9.17) is 5.73 Å². The van der Waals surface area contributed by atoms with Gasteiger partial charge in [0.05, 0.1) is 24.6 Å². The quantitative estimate of drug-likeness (QED) is 0.711. The number of nitrogens with zero attached hydrogens (tertiary/aromatic N) is 1. The van der Waals surface area contributed by atoms with Crippen LogP contribution in [-0.2, 0) is 11.3 Å². The van der Waals surface area contributed by atoms with E-state index in [0.29, 0.717) is 17.8 Å². The van der Waals surface area contributed by atoms with E-state index >= 15 is 0 Å². The molecule has 0 saturated heterocycles. The van der Waals surface area contributed by atoms with Crippen molar-refractivity contribution in [3.63, 3.8) is 0 Å². The number of aromatic nitrogens is 2. The highest BCUT2D eigenvalue weighted by molar-refractivity contribution is 5.96. The van der Waals surface area contributed by atoms with Gasteiger partial charge >= 0.3 is 5.97 Å². The Bertz CT molecular complexity index is 619. The Hall–Kier alpha value is -2.83. The summed E-state index contributed by atoms with van der Waals surface area (Å²) in [5, 5.41) is 8.90. The molecule has 7 nitrogen and oxygen atoms in total. The van der Waals surface area contributed by atoms with Crippen molar-refractivity contribution in [3.05, 3.63) is 47.3 Å². The minimum atomic E-state index is -0.397. The first-order valence-electron chi connectivity index (χ1n) is 5.86. The molecule has 20 heavy (non-hydrogen) atoms. The molecule has 0 bridgehead atoms. The van der Waals surface area contributed by atoms with Crippen molar-refractivity contribution < 1.29 is 14.3 Å².